The quantitative estimate of drug-likeness (QED) is 0.255. The molecule has 2 aromatic carbocycles. The summed E-state index contributed by atoms with van der Waals surface area (Å²) in [4.78, 5) is 26.1. The fraction of sp³-hybridized carbons (Fsp3) is 0.273. The van der Waals surface area contributed by atoms with Crippen molar-refractivity contribution in [1.29, 1.82) is 5.26 Å². The van der Waals surface area contributed by atoms with Gasteiger partial charge in [0.05, 0.1) is 29.3 Å². The molecule has 1 aliphatic rings. The van der Waals surface area contributed by atoms with Crippen LogP contribution in [0.15, 0.2) is 54.7 Å². The van der Waals surface area contributed by atoms with Gasteiger partial charge in [-0.25, -0.2) is 18.7 Å². The van der Waals surface area contributed by atoms with Gasteiger partial charge in [0.15, 0.2) is 0 Å². The molecule has 1 fully saturated rings. The average Bonchev–Trinajstić information content (AvgIpc) is 3.64. The number of likely N-dealkylation sites (N-methyl/N-ethyl adjacent to an activating group) is 1. The third kappa shape index (κ3) is 5.42. The van der Waals surface area contributed by atoms with Crippen LogP contribution in [0, 0.1) is 29.9 Å². The van der Waals surface area contributed by atoms with Crippen molar-refractivity contribution in [1.82, 2.24) is 24.6 Å². The Labute approximate surface area is 258 Å². The summed E-state index contributed by atoms with van der Waals surface area (Å²) >= 11 is 1.19. The zero-order valence-corrected chi connectivity index (χ0v) is 25.5. The molecule has 5 aromatic rings. The predicted octanol–water partition coefficient (Wildman–Crippen LogP) is 5.68. The number of fused-ring (bicyclic) bond motifs is 1. The number of amides is 1. The van der Waals surface area contributed by atoms with Crippen LogP contribution in [0.25, 0.3) is 38.7 Å². The van der Waals surface area contributed by atoms with Crippen LogP contribution in [0.2, 0.25) is 0 Å². The summed E-state index contributed by atoms with van der Waals surface area (Å²) in [7, 11) is 1.65. The number of carbonyl (C=O) groups is 1. The number of thiazole rings is 1. The lowest BCUT2D eigenvalue weighted by Crippen LogP contribution is -2.49. The van der Waals surface area contributed by atoms with Gasteiger partial charge in [0, 0.05) is 56.1 Å². The van der Waals surface area contributed by atoms with E-state index in [4.69, 9.17) is 4.98 Å². The number of aromatic nitrogens is 3. The molecule has 1 N–H and O–H groups in total. The molecule has 6 rings (SSSR count). The topological polar surface area (TPSA) is 89.6 Å². The number of halogens is 2. The number of nitriles is 1. The lowest BCUT2D eigenvalue weighted by atomic mass is 10.0. The van der Waals surface area contributed by atoms with E-state index < -0.39 is 0 Å². The molecular formula is C33H31F2N7OS. The normalized spacial score (nSPS) is 13.8. The molecule has 4 heterocycles. The second-order valence-electron chi connectivity index (χ2n) is 10.7. The van der Waals surface area contributed by atoms with Crippen LogP contribution in [0.3, 0.4) is 0 Å². The molecule has 224 valence electrons. The Balaban J connectivity index is 1.35. The number of aryl methyl sites for hydroxylation is 1. The van der Waals surface area contributed by atoms with E-state index in [1.54, 1.807) is 32.2 Å². The number of hydrogen-bond acceptors (Lipinski definition) is 7. The van der Waals surface area contributed by atoms with Gasteiger partial charge in [-0.15, -0.1) is 11.3 Å². The third-order valence-electron chi connectivity index (χ3n) is 8.11. The molecule has 0 spiro atoms. The maximum atomic E-state index is 16.3. The van der Waals surface area contributed by atoms with E-state index in [1.807, 2.05) is 35.7 Å². The number of nitrogens with zero attached hydrogens (tertiary/aromatic N) is 6. The first kappa shape index (κ1) is 29.4. The molecule has 1 amide bonds. The summed E-state index contributed by atoms with van der Waals surface area (Å²) < 4.78 is 31.8. The van der Waals surface area contributed by atoms with Gasteiger partial charge < -0.3 is 10.2 Å². The summed E-state index contributed by atoms with van der Waals surface area (Å²) in [6.07, 6.45) is 2.65. The number of nitrogens with one attached hydrogen (secondary N) is 1. The Hall–Kier alpha value is -4.66. The van der Waals surface area contributed by atoms with E-state index in [2.05, 4.69) is 26.2 Å². The fourth-order valence-corrected chi connectivity index (χ4v) is 6.63. The monoisotopic (exact) mass is 611 g/mol. The van der Waals surface area contributed by atoms with Gasteiger partial charge in [0.1, 0.15) is 33.2 Å². The van der Waals surface area contributed by atoms with Crippen LogP contribution in [-0.2, 0) is 11.2 Å². The second kappa shape index (κ2) is 12.1. The maximum Gasteiger partial charge on any atom is 0.233 e. The summed E-state index contributed by atoms with van der Waals surface area (Å²) in [6.45, 7) is 7.19. The molecule has 0 atom stereocenters. The van der Waals surface area contributed by atoms with Gasteiger partial charge in [-0.1, -0.05) is 13.0 Å². The third-order valence-corrected chi connectivity index (χ3v) is 9.11. The number of piperazine rings is 1. The van der Waals surface area contributed by atoms with Gasteiger partial charge >= 0.3 is 0 Å². The van der Waals surface area contributed by atoms with Crippen LogP contribution in [0.4, 0.5) is 14.5 Å². The smallest absolute Gasteiger partial charge is 0.233 e. The van der Waals surface area contributed by atoms with Gasteiger partial charge in [-0.05, 0) is 61.4 Å². The van der Waals surface area contributed by atoms with Crippen molar-refractivity contribution < 1.29 is 13.6 Å². The van der Waals surface area contributed by atoms with Crippen LogP contribution < -0.4 is 10.2 Å². The van der Waals surface area contributed by atoms with Crippen LogP contribution in [0.1, 0.15) is 23.1 Å². The first-order valence-electron chi connectivity index (χ1n) is 14.5. The molecule has 0 saturated carbocycles. The van der Waals surface area contributed by atoms with Gasteiger partial charge in [0.25, 0.3) is 0 Å². The maximum absolute atomic E-state index is 16.3. The lowest BCUT2D eigenvalue weighted by Gasteiger charge is -2.35. The Morgan fingerprint density at radius 3 is 2.43 bits per heavy atom. The van der Waals surface area contributed by atoms with Crippen molar-refractivity contribution in [3.05, 3.63) is 82.5 Å². The minimum absolute atomic E-state index is 0.00652. The van der Waals surface area contributed by atoms with E-state index in [9.17, 15) is 14.4 Å². The van der Waals surface area contributed by atoms with Crippen molar-refractivity contribution in [2.45, 2.75) is 20.3 Å². The Kier molecular flexibility index (Phi) is 8.12. The van der Waals surface area contributed by atoms with Gasteiger partial charge in [-0.3, -0.25) is 14.1 Å². The number of pyridine rings is 1. The largest absolute Gasteiger partial charge is 0.368 e. The van der Waals surface area contributed by atoms with Crippen molar-refractivity contribution in [2.24, 2.45) is 0 Å². The first-order valence-corrected chi connectivity index (χ1v) is 15.3. The van der Waals surface area contributed by atoms with Crippen molar-refractivity contribution in [3.8, 4) is 39.2 Å². The molecular weight excluding hydrogens is 580 g/mol. The molecule has 3 aromatic heterocycles. The summed E-state index contributed by atoms with van der Waals surface area (Å²) in [5, 5.41) is 13.0. The molecule has 8 nitrogen and oxygen atoms in total. The van der Waals surface area contributed by atoms with Crippen molar-refractivity contribution >= 4 is 28.6 Å². The zero-order valence-electron chi connectivity index (χ0n) is 24.7. The van der Waals surface area contributed by atoms with Crippen molar-refractivity contribution in [3.63, 3.8) is 0 Å². The SMILES string of the molecule is CCc1nc2ccc(N3CCN(CC(=O)NC)CC3)cn2c1-c1ccc(-c2nc(-c3ccc(F)cc3)c(C#N)s2)c(C)c1F. The molecule has 1 saturated heterocycles. The Bertz CT molecular complexity index is 1900. The molecule has 1 aliphatic heterocycles. The molecule has 44 heavy (non-hydrogen) atoms. The predicted molar refractivity (Wildman–Crippen MR) is 169 cm³/mol. The fourth-order valence-electron chi connectivity index (χ4n) is 5.66. The van der Waals surface area contributed by atoms with Gasteiger partial charge in [-0.2, -0.15) is 5.26 Å². The van der Waals surface area contributed by atoms with E-state index in [0.29, 0.717) is 56.5 Å². The highest BCUT2D eigenvalue weighted by Gasteiger charge is 2.24. The number of hydrogen-bond donors (Lipinski definition) is 1. The minimum atomic E-state index is -0.373. The van der Waals surface area contributed by atoms with E-state index in [-0.39, 0.29) is 17.5 Å². The number of rotatable bonds is 7. The Morgan fingerprint density at radius 2 is 1.75 bits per heavy atom. The second-order valence-corrected chi connectivity index (χ2v) is 11.7. The highest BCUT2D eigenvalue weighted by molar-refractivity contribution is 7.16. The van der Waals surface area contributed by atoms with Gasteiger partial charge in [0.2, 0.25) is 5.91 Å². The number of imidazole rings is 1. The number of benzene rings is 2. The highest BCUT2D eigenvalue weighted by atomic mass is 32.1. The first-order chi connectivity index (χ1) is 21.3. The van der Waals surface area contributed by atoms with E-state index in [0.717, 1.165) is 43.2 Å². The van der Waals surface area contributed by atoms with Crippen LogP contribution >= 0.6 is 11.3 Å². The minimum Gasteiger partial charge on any atom is -0.368 e. The van der Waals surface area contributed by atoms with Crippen LogP contribution in [0.5, 0.6) is 0 Å². The summed E-state index contributed by atoms with van der Waals surface area (Å²) in [5.74, 6) is -0.737. The number of carbonyl (C=O) groups excluding carboxylic acids is 1. The summed E-state index contributed by atoms with van der Waals surface area (Å²) in [5.41, 5.74) is 5.79. The number of anilines is 1. The molecule has 11 heteroatoms. The molecule has 0 unspecified atom stereocenters. The zero-order chi connectivity index (χ0) is 31.0. The Morgan fingerprint density at radius 1 is 1.02 bits per heavy atom. The lowest BCUT2D eigenvalue weighted by molar-refractivity contribution is -0.121. The van der Waals surface area contributed by atoms with Crippen LogP contribution in [-0.4, -0.2) is 64.9 Å². The molecule has 0 aliphatic carbocycles. The average molecular weight is 612 g/mol. The van der Waals surface area contributed by atoms with Crippen molar-refractivity contribution in [2.75, 3.05) is 44.7 Å². The summed E-state index contributed by atoms with van der Waals surface area (Å²) in [6, 6.07) is 15.6. The molecule has 0 bridgehead atoms. The van der Waals surface area contributed by atoms with E-state index in [1.165, 1.54) is 23.5 Å². The van der Waals surface area contributed by atoms with E-state index >= 15 is 4.39 Å². The highest BCUT2D eigenvalue weighted by Crippen LogP contribution is 2.39. The standard InChI is InChI=1S/C33H31F2N7OS/c1-4-26-32(42-18-23(9-12-28(42)38-26)41-15-13-40(14-16-41)19-29(43)37-3)25-11-10-24(20(2)30(25)35)33-39-31(27(17-36)44-33)21-5-7-22(34)8-6-21/h5-12,18H,4,13-16,19H2,1-3H3,(H,37,43). The molecule has 0 radical (unpaired) electrons.